The number of nitrogens with one attached hydrogen (secondary N) is 3. The summed E-state index contributed by atoms with van der Waals surface area (Å²) < 4.78 is 2.01. The van der Waals surface area contributed by atoms with Gasteiger partial charge in [0.1, 0.15) is 12.2 Å². The second-order valence-electron chi connectivity index (χ2n) is 8.68. The molecule has 0 radical (unpaired) electrons. The number of imide groups is 1. The Balaban J connectivity index is 1.50. The average Bonchev–Trinajstić information content (AvgIpc) is 3.24. The molecule has 9 nitrogen and oxygen atoms in total. The van der Waals surface area contributed by atoms with Crippen LogP contribution in [0.25, 0.3) is 11.8 Å². The fraction of sp³-hybridized carbons (Fsp3) is 0.185. The topological polar surface area (TPSA) is 113 Å². The van der Waals surface area contributed by atoms with Crippen LogP contribution in [0.2, 0.25) is 0 Å². The zero-order valence-electron chi connectivity index (χ0n) is 20.5. The first-order valence-corrected chi connectivity index (χ1v) is 11.4. The van der Waals surface area contributed by atoms with E-state index in [0.29, 0.717) is 11.4 Å². The van der Waals surface area contributed by atoms with Crippen LogP contribution in [-0.2, 0) is 14.4 Å². The van der Waals surface area contributed by atoms with Crippen molar-refractivity contribution < 1.29 is 19.2 Å². The standard InChI is InChI=1S/C27H27N5O4/c1-16-5-7-22(8-6-16)29-25(34)15-31-26(35)24(30-27(31)36)14-20-13-17(2)32(18(20)3)23-11-9-21(10-12-23)28-19(4)33/h5-14H,15H2,1-4H3,(H,28,33)(H,29,34)(H,30,36)/b24-14+. The summed E-state index contributed by atoms with van der Waals surface area (Å²) in [6, 6.07) is 15.9. The van der Waals surface area contributed by atoms with Gasteiger partial charge in [-0.2, -0.15) is 0 Å². The quantitative estimate of drug-likeness (QED) is 0.363. The van der Waals surface area contributed by atoms with Gasteiger partial charge in [-0.3, -0.25) is 14.4 Å². The first-order chi connectivity index (χ1) is 17.1. The van der Waals surface area contributed by atoms with Crippen LogP contribution in [0.4, 0.5) is 16.2 Å². The Hall–Kier alpha value is -4.66. The van der Waals surface area contributed by atoms with Gasteiger partial charge >= 0.3 is 6.03 Å². The smallest absolute Gasteiger partial charge is 0.326 e. The zero-order chi connectivity index (χ0) is 26.0. The fourth-order valence-electron chi connectivity index (χ4n) is 4.08. The number of hydrogen-bond acceptors (Lipinski definition) is 4. The van der Waals surface area contributed by atoms with Gasteiger partial charge in [0.2, 0.25) is 11.8 Å². The summed E-state index contributed by atoms with van der Waals surface area (Å²) in [7, 11) is 0. The largest absolute Gasteiger partial charge is 0.329 e. The van der Waals surface area contributed by atoms with Gasteiger partial charge in [-0.1, -0.05) is 17.7 Å². The van der Waals surface area contributed by atoms with Gasteiger partial charge in [-0.25, -0.2) is 9.69 Å². The lowest BCUT2D eigenvalue weighted by molar-refractivity contribution is -0.127. The lowest BCUT2D eigenvalue weighted by atomic mass is 10.2. The van der Waals surface area contributed by atoms with Gasteiger partial charge in [0.25, 0.3) is 5.91 Å². The average molecular weight is 486 g/mol. The van der Waals surface area contributed by atoms with E-state index in [1.165, 1.54) is 6.92 Å². The molecule has 0 saturated carbocycles. The maximum absolute atomic E-state index is 12.9. The number of nitrogens with zero attached hydrogens (tertiary/aromatic N) is 2. The third-order valence-electron chi connectivity index (χ3n) is 5.82. The highest BCUT2D eigenvalue weighted by atomic mass is 16.2. The number of carbonyl (C=O) groups is 4. The highest BCUT2D eigenvalue weighted by Gasteiger charge is 2.35. The van der Waals surface area contributed by atoms with Crippen molar-refractivity contribution in [2.24, 2.45) is 0 Å². The summed E-state index contributed by atoms with van der Waals surface area (Å²) >= 11 is 0. The minimum Gasteiger partial charge on any atom is -0.326 e. The lowest BCUT2D eigenvalue weighted by Gasteiger charge is -2.12. The van der Waals surface area contributed by atoms with Gasteiger partial charge in [-0.05, 0) is 74.9 Å². The Labute approximate surface area is 208 Å². The Morgan fingerprint density at radius 3 is 2.17 bits per heavy atom. The molecule has 1 aromatic heterocycles. The molecule has 4 rings (SSSR count). The van der Waals surface area contributed by atoms with Crippen LogP contribution in [0.15, 0.2) is 60.3 Å². The maximum atomic E-state index is 12.9. The molecular formula is C27H27N5O4. The lowest BCUT2D eigenvalue weighted by Crippen LogP contribution is -2.38. The van der Waals surface area contributed by atoms with Crippen molar-refractivity contribution in [1.82, 2.24) is 14.8 Å². The minimum atomic E-state index is -0.646. The van der Waals surface area contributed by atoms with Gasteiger partial charge in [0, 0.05) is 35.4 Å². The van der Waals surface area contributed by atoms with E-state index >= 15 is 0 Å². The van der Waals surface area contributed by atoms with Crippen molar-refractivity contribution in [3.05, 3.63) is 82.8 Å². The summed E-state index contributed by atoms with van der Waals surface area (Å²) in [5, 5.41) is 8.00. The second-order valence-corrected chi connectivity index (χ2v) is 8.68. The molecule has 1 aliphatic rings. The molecule has 184 valence electrons. The molecule has 3 N–H and O–H groups in total. The normalized spacial score (nSPS) is 14.2. The second kappa shape index (κ2) is 9.91. The molecule has 2 aromatic carbocycles. The summed E-state index contributed by atoms with van der Waals surface area (Å²) in [4.78, 5) is 49.9. The van der Waals surface area contributed by atoms with Crippen molar-refractivity contribution in [2.75, 3.05) is 17.2 Å². The Morgan fingerprint density at radius 2 is 1.53 bits per heavy atom. The molecule has 36 heavy (non-hydrogen) atoms. The third kappa shape index (κ3) is 5.20. The number of rotatable bonds is 6. The number of aromatic nitrogens is 1. The van der Waals surface area contributed by atoms with Crippen LogP contribution in [0.1, 0.15) is 29.4 Å². The Kier molecular flexibility index (Phi) is 6.73. The SMILES string of the molecule is CC(=O)Nc1ccc(-n2c(C)cc(/C=C3/NC(=O)N(CC(=O)Nc4ccc(C)cc4)C3=O)c2C)cc1. The van der Waals surface area contributed by atoms with Crippen LogP contribution in [0.5, 0.6) is 0 Å². The van der Waals surface area contributed by atoms with E-state index in [-0.39, 0.29) is 11.6 Å². The summed E-state index contributed by atoms with van der Waals surface area (Å²) in [5.41, 5.74) is 5.88. The van der Waals surface area contributed by atoms with E-state index in [1.54, 1.807) is 18.2 Å². The molecule has 1 saturated heterocycles. The van der Waals surface area contributed by atoms with Crippen LogP contribution in [-0.4, -0.2) is 39.8 Å². The van der Waals surface area contributed by atoms with Crippen molar-refractivity contribution in [2.45, 2.75) is 27.7 Å². The van der Waals surface area contributed by atoms with Gasteiger partial charge in [-0.15, -0.1) is 0 Å². The molecule has 0 bridgehead atoms. The van der Waals surface area contributed by atoms with E-state index in [9.17, 15) is 19.2 Å². The first kappa shape index (κ1) is 24.5. The Morgan fingerprint density at radius 1 is 0.917 bits per heavy atom. The van der Waals surface area contributed by atoms with E-state index < -0.39 is 24.4 Å². The third-order valence-corrected chi connectivity index (χ3v) is 5.82. The monoisotopic (exact) mass is 485 g/mol. The van der Waals surface area contributed by atoms with Gasteiger partial charge in [0.15, 0.2) is 0 Å². The molecule has 9 heteroatoms. The molecule has 1 fully saturated rings. The molecule has 0 unspecified atom stereocenters. The number of anilines is 2. The molecular weight excluding hydrogens is 458 g/mol. The number of amides is 5. The number of benzene rings is 2. The van der Waals surface area contributed by atoms with Crippen molar-refractivity contribution >= 4 is 41.2 Å². The predicted octanol–water partition coefficient (Wildman–Crippen LogP) is 3.89. The molecule has 0 atom stereocenters. The Bertz CT molecular complexity index is 1380. The minimum absolute atomic E-state index is 0.101. The highest BCUT2D eigenvalue weighted by molar-refractivity contribution is 6.16. The number of aryl methyl sites for hydroxylation is 2. The number of hydrogen-bond donors (Lipinski definition) is 3. The molecule has 0 aliphatic carbocycles. The van der Waals surface area contributed by atoms with E-state index in [1.807, 2.05) is 67.8 Å². The first-order valence-electron chi connectivity index (χ1n) is 11.4. The molecule has 3 aromatic rings. The van der Waals surface area contributed by atoms with Crippen LogP contribution in [0, 0.1) is 20.8 Å². The maximum Gasteiger partial charge on any atom is 0.329 e. The van der Waals surface area contributed by atoms with Crippen LogP contribution < -0.4 is 16.0 Å². The van der Waals surface area contributed by atoms with Crippen molar-refractivity contribution in [3.8, 4) is 5.69 Å². The fourth-order valence-corrected chi connectivity index (χ4v) is 4.08. The number of urea groups is 1. The van der Waals surface area contributed by atoms with E-state index in [4.69, 9.17) is 0 Å². The summed E-state index contributed by atoms with van der Waals surface area (Å²) in [5.74, 6) is -1.18. The van der Waals surface area contributed by atoms with Crippen LogP contribution in [0.3, 0.4) is 0 Å². The van der Waals surface area contributed by atoms with Crippen molar-refractivity contribution in [3.63, 3.8) is 0 Å². The van der Waals surface area contributed by atoms with Crippen LogP contribution >= 0.6 is 0 Å². The highest BCUT2D eigenvalue weighted by Crippen LogP contribution is 2.25. The van der Waals surface area contributed by atoms with E-state index in [0.717, 1.165) is 33.1 Å². The summed E-state index contributed by atoms with van der Waals surface area (Å²) in [6.45, 7) is 6.85. The molecule has 2 heterocycles. The molecule has 1 aliphatic heterocycles. The van der Waals surface area contributed by atoms with Gasteiger partial charge < -0.3 is 20.5 Å². The number of carbonyl (C=O) groups excluding carboxylic acids is 4. The molecule has 5 amide bonds. The van der Waals surface area contributed by atoms with E-state index in [2.05, 4.69) is 16.0 Å². The van der Waals surface area contributed by atoms with Gasteiger partial charge in [0.05, 0.1) is 0 Å². The predicted molar refractivity (Wildman–Crippen MR) is 138 cm³/mol. The molecule has 0 spiro atoms. The summed E-state index contributed by atoms with van der Waals surface area (Å²) in [6.07, 6.45) is 1.61. The zero-order valence-corrected chi connectivity index (χ0v) is 20.5. The van der Waals surface area contributed by atoms with Crippen molar-refractivity contribution in [1.29, 1.82) is 0 Å².